The second-order valence-electron chi connectivity index (χ2n) is 7.57. The van der Waals surface area contributed by atoms with E-state index in [9.17, 15) is 9.59 Å². The minimum absolute atomic E-state index is 0.0518. The SMILES string of the molecule is CC(C)(C)OC(=O)N[C@H]1CCCN(C(=O)CCc2ccc(N)cc2)C1. The first-order chi connectivity index (χ1) is 11.7. The largest absolute Gasteiger partial charge is 0.444 e. The number of nitrogens with zero attached hydrogens (tertiary/aromatic N) is 1. The Balaban J connectivity index is 1.80. The molecule has 0 aromatic heterocycles. The molecule has 138 valence electrons. The van der Waals surface area contributed by atoms with E-state index in [-0.39, 0.29) is 11.9 Å². The number of hydrogen-bond donors (Lipinski definition) is 2. The lowest BCUT2D eigenvalue weighted by Gasteiger charge is -2.33. The number of hydrogen-bond acceptors (Lipinski definition) is 4. The highest BCUT2D eigenvalue weighted by atomic mass is 16.6. The molecule has 0 unspecified atom stereocenters. The predicted octanol–water partition coefficient (Wildman–Crippen LogP) is 2.72. The van der Waals surface area contributed by atoms with E-state index in [4.69, 9.17) is 10.5 Å². The molecule has 6 nitrogen and oxygen atoms in total. The van der Waals surface area contributed by atoms with E-state index < -0.39 is 11.7 Å². The van der Waals surface area contributed by atoms with Crippen LogP contribution >= 0.6 is 0 Å². The van der Waals surface area contributed by atoms with Crippen molar-refractivity contribution in [2.45, 2.75) is 58.1 Å². The molecule has 3 N–H and O–H groups in total. The Morgan fingerprint density at radius 1 is 1.28 bits per heavy atom. The summed E-state index contributed by atoms with van der Waals surface area (Å²) in [5, 5.41) is 2.87. The highest BCUT2D eigenvalue weighted by Crippen LogP contribution is 2.15. The average Bonchev–Trinajstić information content (AvgIpc) is 2.52. The number of nitrogens with two attached hydrogens (primary N) is 1. The van der Waals surface area contributed by atoms with Gasteiger partial charge in [0.1, 0.15) is 5.60 Å². The molecule has 1 atom stereocenters. The molecule has 0 saturated carbocycles. The molecule has 6 heteroatoms. The lowest BCUT2D eigenvalue weighted by Crippen LogP contribution is -2.50. The summed E-state index contributed by atoms with van der Waals surface area (Å²) in [6.07, 6.45) is 2.48. The quantitative estimate of drug-likeness (QED) is 0.820. The molecule has 25 heavy (non-hydrogen) atoms. The monoisotopic (exact) mass is 347 g/mol. The number of likely N-dealkylation sites (tertiary alicyclic amines) is 1. The van der Waals surface area contributed by atoms with E-state index in [1.54, 1.807) is 0 Å². The van der Waals surface area contributed by atoms with Crippen molar-refractivity contribution in [2.75, 3.05) is 18.8 Å². The first-order valence-electron chi connectivity index (χ1n) is 8.84. The number of piperidine rings is 1. The third-order valence-electron chi connectivity index (χ3n) is 4.10. The van der Waals surface area contributed by atoms with Crippen molar-refractivity contribution in [2.24, 2.45) is 0 Å². The molecule has 1 aliphatic rings. The van der Waals surface area contributed by atoms with E-state index in [1.165, 1.54) is 0 Å². The standard InChI is InChI=1S/C19H29N3O3/c1-19(2,3)25-18(24)21-16-5-4-12-22(13-16)17(23)11-8-14-6-9-15(20)10-7-14/h6-7,9-10,16H,4-5,8,11-13,20H2,1-3H3,(H,21,24)/t16-/m0/s1. The van der Waals surface area contributed by atoms with Crippen molar-refractivity contribution in [1.82, 2.24) is 10.2 Å². The molecule has 1 aromatic carbocycles. The number of rotatable bonds is 4. The molecule has 1 fully saturated rings. The predicted molar refractivity (Wildman–Crippen MR) is 98.1 cm³/mol. The zero-order valence-corrected chi connectivity index (χ0v) is 15.4. The molecular weight excluding hydrogens is 318 g/mol. The first-order valence-corrected chi connectivity index (χ1v) is 8.84. The Labute approximate surface area is 149 Å². The summed E-state index contributed by atoms with van der Waals surface area (Å²) < 4.78 is 5.29. The maximum atomic E-state index is 12.5. The van der Waals surface area contributed by atoms with Gasteiger partial charge in [-0.1, -0.05) is 12.1 Å². The number of amides is 2. The summed E-state index contributed by atoms with van der Waals surface area (Å²) in [6.45, 7) is 6.79. The van der Waals surface area contributed by atoms with Crippen LogP contribution in [0.4, 0.5) is 10.5 Å². The number of nitrogens with one attached hydrogen (secondary N) is 1. The van der Waals surface area contributed by atoms with Crippen molar-refractivity contribution in [3.8, 4) is 0 Å². The van der Waals surface area contributed by atoms with Gasteiger partial charge in [-0.2, -0.15) is 0 Å². The fraction of sp³-hybridized carbons (Fsp3) is 0.579. The highest BCUT2D eigenvalue weighted by Gasteiger charge is 2.26. The van der Waals surface area contributed by atoms with Crippen LogP contribution in [0.3, 0.4) is 0 Å². The summed E-state index contributed by atoms with van der Waals surface area (Å²) in [6, 6.07) is 7.55. The summed E-state index contributed by atoms with van der Waals surface area (Å²) in [5.74, 6) is 0.118. The Morgan fingerprint density at radius 3 is 2.60 bits per heavy atom. The van der Waals surface area contributed by atoms with Gasteiger partial charge >= 0.3 is 6.09 Å². The van der Waals surface area contributed by atoms with Crippen LogP contribution in [-0.4, -0.2) is 41.6 Å². The van der Waals surface area contributed by atoms with Gasteiger partial charge in [0.2, 0.25) is 5.91 Å². The minimum atomic E-state index is -0.521. The number of ether oxygens (including phenoxy) is 1. The summed E-state index contributed by atoms with van der Waals surface area (Å²) in [4.78, 5) is 26.2. The lowest BCUT2D eigenvalue weighted by molar-refractivity contribution is -0.132. The van der Waals surface area contributed by atoms with E-state index in [2.05, 4.69) is 5.32 Å². The van der Waals surface area contributed by atoms with Gasteiger partial charge in [-0.3, -0.25) is 4.79 Å². The van der Waals surface area contributed by atoms with Gasteiger partial charge in [0.25, 0.3) is 0 Å². The number of anilines is 1. The van der Waals surface area contributed by atoms with Crippen molar-refractivity contribution in [3.63, 3.8) is 0 Å². The molecule has 0 aliphatic carbocycles. The zero-order valence-electron chi connectivity index (χ0n) is 15.4. The summed E-state index contributed by atoms with van der Waals surface area (Å²) >= 11 is 0. The van der Waals surface area contributed by atoms with Crippen molar-refractivity contribution >= 4 is 17.7 Å². The van der Waals surface area contributed by atoms with E-state index in [0.29, 0.717) is 19.4 Å². The molecule has 1 aliphatic heterocycles. The van der Waals surface area contributed by atoms with Crippen molar-refractivity contribution in [1.29, 1.82) is 0 Å². The molecule has 0 spiro atoms. The number of carbonyl (C=O) groups is 2. The van der Waals surface area contributed by atoms with Crippen LogP contribution in [0.1, 0.15) is 45.6 Å². The maximum Gasteiger partial charge on any atom is 0.407 e. The number of aryl methyl sites for hydroxylation is 1. The molecule has 2 rings (SSSR count). The highest BCUT2D eigenvalue weighted by molar-refractivity contribution is 5.77. The lowest BCUT2D eigenvalue weighted by atomic mass is 10.0. The molecule has 1 heterocycles. The van der Waals surface area contributed by atoms with Crippen LogP contribution in [0.25, 0.3) is 0 Å². The smallest absolute Gasteiger partial charge is 0.407 e. The van der Waals surface area contributed by atoms with Gasteiger partial charge in [0, 0.05) is 31.2 Å². The Bertz CT molecular complexity index is 593. The van der Waals surface area contributed by atoms with Crippen LogP contribution in [0.5, 0.6) is 0 Å². The molecule has 0 bridgehead atoms. The van der Waals surface area contributed by atoms with Crippen LogP contribution < -0.4 is 11.1 Å². The van der Waals surface area contributed by atoms with E-state index in [1.807, 2.05) is 49.9 Å². The number of alkyl carbamates (subject to hydrolysis) is 1. The number of nitrogen functional groups attached to an aromatic ring is 1. The summed E-state index contributed by atoms with van der Waals surface area (Å²) in [5.41, 5.74) is 6.98. The number of carbonyl (C=O) groups excluding carboxylic acids is 2. The molecular formula is C19H29N3O3. The van der Waals surface area contributed by atoms with Gasteiger partial charge in [-0.15, -0.1) is 0 Å². The fourth-order valence-electron chi connectivity index (χ4n) is 2.89. The Hall–Kier alpha value is -2.24. The normalized spacial score (nSPS) is 17.9. The van der Waals surface area contributed by atoms with Crippen LogP contribution in [0.15, 0.2) is 24.3 Å². The first kappa shape index (κ1) is 19.1. The van der Waals surface area contributed by atoms with Crippen LogP contribution in [0, 0.1) is 0 Å². The van der Waals surface area contributed by atoms with E-state index >= 15 is 0 Å². The van der Waals surface area contributed by atoms with E-state index in [0.717, 1.165) is 30.6 Å². The topological polar surface area (TPSA) is 84.7 Å². The summed E-state index contributed by atoms with van der Waals surface area (Å²) in [7, 11) is 0. The average molecular weight is 347 g/mol. The van der Waals surface area contributed by atoms with Gasteiger partial charge in [-0.25, -0.2) is 4.79 Å². The third kappa shape index (κ3) is 6.64. The van der Waals surface area contributed by atoms with Gasteiger partial charge in [-0.05, 0) is 57.7 Å². The van der Waals surface area contributed by atoms with Gasteiger partial charge in [0.15, 0.2) is 0 Å². The Kier molecular flexibility index (Phi) is 6.28. The van der Waals surface area contributed by atoms with Crippen LogP contribution in [-0.2, 0) is 16.0 Å². The molecule has 2 amide bonds. The fourth-order valence-corrected chi connectivity index (χ4v) is 2.89. The molecule has 1 saturated heterocycles. The zero-order chi connectivity index (χ0) is 18.4. The van der Waals surface area contributed by atoms with Crippen LogP contribution in [0.2, 0.25) is 0 Å². The van der Waals surface area contributed by atoms with Gasteiger partial charge < -0.3 is 20.7 Å². The van der Waals surface area contributed by atoms with Crippen molar-refractivity contribution in [3.05, 3.63) is 29.8 Å². The van der Waals surface area contributed by atoms with Gasteiger partial charge in [0.05, 0.1) is 0 Å². The number of benzene rings is 1. The molecule has 0 radical (unpaired) electrons. The second-order valence-corrected chi connectivity index (χ2v) is 7.57. The maximum absolute atomic E-state index is 12.5. The minimum Gasteiger partial charge on any atom is -0.444 e. The second kappa shape index (κ2) is 8.23. The van der Waals surface area contributed by atoms with Crippen molar-refractivity contribution < 1.29 is 14.3 Å². The Morgan fingerprint density at radius 2 is 1.96 bits per heavy atom. The third-order valence-corrected chi connectivity index (χ3v) is 4.10. The molecule has 1 aromatic rings.